The molecule has 1 aliphatic heterocycles. The van der Waals surface area contributed by atoms with Crippen molar-refractivity contribution in [2.24, 2.45) is 0 Å². The average Bonchev–Trinajstić information content (AvgIpc) is 3.27. The molecule has 3 aromatic rings. The molecule has 3 aromatic heterocycles. The molecule has 27 heavy (non-hydrogen) atoms. The molecule has 0 aromatic carbocycles. The zero-order valence-corrected chi connectivity index (χ0v) is 15.5. The van der Waals surface area contributed by atoms with E-state index in [4.69, 9.17) is 0 Å². The number of aromatic nitrogens is 3. The summed E-state index contributed by atoms with van der Waals surface area (Å²) in [5, 5.41) is 2.95. The minimum absolute atomic E-state index is 0.0423. The Morgan fingerprint density at radius 3 is 2.89 bits per heavy atom. The number of hydrogen-bond acceptors (Lipinski definition) is 4. The SMILES string of the molecule is O=C(c1cc(C(F)(F)F)no1)N1CCCC(c2cc3ncc(Br)cc3[nH]2)C1. The van der Waals surface area contributed by atoms with Crippen LogP contribution in [0.5, 0.6) is 0 Å². The molecule has 0 bridgehead atoms. The van der Waals surface area contributed by atoms with E-state index in [0.717, 1.165) is 34.0 Å². The van der Waals surface area contributed by atoms with E-state index >= 15 is 0 Å². The van der Waals surface area contributed by atoms with Gasteiger partial charge in [-0.25, -0.2) is 0 Å². The Morgan fingerprint density at radius 2 is 2.15 bits per heavy atom. The molecular weight excluding hydrogens is 429 g/mol. The largest absolute Gasteiger partial charge is 0.436 e. The number of piperidine rings is 1. The third-order valence-electron chi connectivity index (χ3n) is 4.62. The number of carbonyl (C=O) groups is 1. The third-order valence-corrected chi connectivity index (χ3v) is 5.05. The monoisotopic (exact) mass is 442 g/mol. The summed E-state index contributed by atoms with van der Waals surface area (Å²) in [7, 11) is 0. The number of rotatable bonds is 2. The highest BCUT2D eigenvalue weighted by molar-refractivity contribution is 9.10. The summed E-state index contributed by atoms with van der Waals surface area (Å²) >= 11 is 3.38. The zero-order chi connectivity index (χ0) is 19.2. The van der Waals surface area contributed by atoms with Crippen LogP contribution in [0.1, 0.15) is 40.7 Å². The predicted octanol–water partition coefficient (Wildman–Crippen LogP) is 4.35. The molecule has 1 unspecified atom stereocenters. The van der Waals surface area contributed by atoms with Crippen LogP contribution in [-0.4, -0.2) is 39.0 Å². The molecule has 1 saturated heterocycles. The van der Waals surface area contributed by atoms with Gasteiger partial charge in [-0.05, 0) is 40.9 Å². The van der Waals surface area contributed by atoms with Gasteiger partial charge in [0.05, 0.1) is 11.0 Å². The summed E-state index contributed by atoms with van der Waals surface area (Å²) in [5.74, 6) is -0.939. The summed E-state index contributed by atoms with van der Waals surface area (Å²) in [6.45, 7) is 0.844. The van der Waals surface area contributed by atoms with Crippen LogP contribution in [0.25, 0.3) is 11.0 Å². The quantitative estimate of drug-likeness (QED) is 0.639. The fourth-order valence-corrected chi connectivity index (χ4v) is 3.64. The second-order valence-corrected chi connectivity index (χ2v) is 7.39. The maximum absolute atomic E-state index is 12.7. The Bertz CT molecular complexity index is 998. The number of likely N-dealkylation sites (tertiary alicyclic amines) is 1. The van der Waals surface area contributed by atoms with E-state index in [-0.39, 0.29) is 5.92 Å². The lowest BCUT2D eigenvalue weighted by Gasteiger charge is -2.31. The maximum Gasteiger partial charge on any atom is 0.436 e. The number of amides is 1. The van der Waals surface area contributed by atoms with E-state index in [1.807, 2.05) is 12.1 Å². The van der Waals surface area contributed by atoms with Gasteiger partial charge in [0, 0.05) is 41.4 Å². The van der Waals surface area contributed by atoms with Crippen LogP contribution in [0.2, 0.25) is 0 Å². The van der Waals surface area contributed by atoms with Crippen LogP contribution >= 0.6 is 15.9 Å². The summed E-state index contributed by atoms with van der Waals surface area (Å²) in [6.07, 6.45) is -1.33. The van der Waals surface area contributed by atoms with Crippen molar-refractivity contribution in [2.45, 2.75) is 24.9 Å². The molecule has 4 rings (SSSR count). The molecule has 4 heterocycles. The number of H-pyrrole nitrogens is 1. The number of pyridine rings is 1. The van der Waals surface area contributed by atoms with E-state index in [1.54, 1.807) is 6.20 Å². The van der Waals surface area contributed by atoms with Gasteiger partial charge in [0.15, 0.2) is 5.69 Å². The molecule has 10 heteroatoms. The number of alkyl halides is 3. The number of fused-ring (bicyclic) bond motifs is 1. The van der Waals surface area contributed by atoms with Gasteiger partial charge >= 0.3 is 6.18 Å². The Balaban J connectivity index is 1.53. The lowest BCUT2D eigenvalue weighted by molar-refractivity contribution is -0.142. The summed E-state index contributed by atoms with van der Waals surface area (Å²) < 4.78 is 43.5. The molecular formula is C17H14BrF3N4O2. The maximum atomic E-state index is 12.7. The average molecular weight is 443 g/mol. The van der Waals surface area contributed by atoms with Gasteiger partial charge in [-0.15, -0.1) is 0 Å². The zero-order valence-electron chi connectivity index (χ0n) is 13.9. The van der Waals surface area contributed by atoms with Crippen molar-refractivity contribution in [3.05, 3.63) is 46.0 Å². The molecule has 1 amide bonds. The van der Waals surface area contributed by atoms with Gasteiger partial charge in [-0.2, -0.15) is 13.2 Å². The lowest BCUT2D eigenvalue weighted by Crippen LogP contribution is -2.39. The molecule has 0 spiro atoms. The van der Waals surface area contributed by atoms with Crippen LogP contribution in [0.15, 0.2) is 33.4 Å². The molecule has 0 aliphatic carbocycles. The molecule has 1 atom stereocenters. The number of carbonyl (C=O) groups excluding carboxylic acids is 1. The fraction of sp³-hybridized carbons (Fsp3) is 0.353. The number of nitrogens with one attached hydrogen (secondary N) is 1. The van der Waals surface area contributed by atoms with Gasteiger partial charge < -0.3 is 14.4 Å². The van der Waals surface area contributed by atoms with Crippen molar-refractivity contribution in [1.82, 2.24) is 20.0 Å². The Morgan fingerprint density at radius 1 is 1.33 bits per heavy atom. The van der Waals surface area contributed by atoms with Gasteiger partial charge in [-0.3, -0.25) is 9.78 Å². The number of halogens is 4. The number of nitrogens with zero attached hydrogens (tertiary/aromatic N) is 3. The van der Waals surface area contributed by atoms with Crippen LogP contribution in [0.3, 0.4) is 0 Å². The van der Waals surface area contributed by atoms with Gasteiger partial charge in [0.1, 0.15) is 0 Å². The first-order chi connectivity index (χ1) is 12.8. The molecule has 1 aliphatic rings. The first-order valence-corrected chi connectivity index (χ1v) is 9.08. The minimum Gasteiger partial charge on any atom is -0.357 e. The third kappa shape index (κ3) is 3.58. The standard InChI is InChI=1S/C17H14BrF3N4O2/c18-10-4-13-12(22-7-10)5-11(23-13)9-2-1-3-25(8-9)16(26)14-6-15(24-27-14)17(19,20)21/h4-7,9,23H,1-3,8H2. The molecule has 0 saturated carbocycles. The second kappa shape index (κ2) is 6.66. The van der Waals surface area contributed by atoms with Crippen molar-refractivity contribution < 1.29 is 22.5 Å². The lowest BCUT2D eigenvalue weighted by atomic mass is 9.94. The summed E-state index contributed by atoms with van der Waals surface area (Å²) in [6, 6.07) is 4.51. The highest BCUT2D eigenvalue weighted by Gasteiger charge is 2.37. The van der Waals surface area contributed by atoms with Crippen LogP contribution < -0.4 is 0 Å². The van der Waals surface area contributed by atoms with E-state index < -0.39 is 23.5 Å². The van der Waals surface area contributed by atoms with E-state index in [1.165, 1.54) is 4.90 Å². The van der Waals surface area contributed by atoms with Crippen molar-refractivity contribution >= 4 is 32.9 Å². The fourth-order valence-electron chi connectivity index (χ4n) is 3.30. The van der Waals surface area contributed by atoms with Crippen LogP contribution in [-0.2, 0) is 6.18 Å². The first-order valence-electron chi connectivity index (χ1n) is 8.28. The minimum atomic E-state index is -4.64. The van der Waals surface area contributed by atoms with E-state index in [9.17, 15) is 18.0 Å². The topological polar surface area (TPSA) is 75.0 Å². The summed E-state index contributed by atoms with van der Waals surface area (Å²) in [5.41, 5.74) is 1.45. The van der Waals surface area contributed by atoms with E-state index in [0.29, 0.717) is 19.2 Å². The molecule has 6 nitrogen and oxygen atoms in total. The Labute approximate surface area is 159 Å². The highest BCUT2D eigenvalue weighted by atomic mass is 79.9. The van der Waals surface area contributed by atoms with Crippen LogP contribution in [0, 0.1) is 0 Å². The first kappa shape index (κ1) is 18.0. The normalized spacial score (nSPS) is 18.2. The van der Waals surface area contributed by atoms with Crippen molar-refractivity contribution in [1.29, 1.82) is 0 Å². The van der Waals surface area contributed by atoms with Gasteiger partial charge in [0.25, 0.3) is 5.91 Å². The number of aromatic amines is 1. The Hall–Kier alpha value is -2.36. The van der Waals surface area contributed by atoms with Crippen molar-refractivity contribution in [3.63, 3.8) is 0 Å². The smallest absolute Gasteiger partial charge is 0.357 e. The highest BCUT2D eigenvalue weighted by Crippen LogP contribution is 2.31. The van der Waals surface area contributed by atoms with Gasteiger partial charge in [-0.1, -0.05) is 5.16 Å². The molecule has 0 radical (unpaired) electrons. The molecule has 1 fully saturated rings. The van der Waals surface area contributed by atoms with Gasteiger partial charge in [0.2, 0.25) is 5.76 Å². The predicted molar refractivity (Wildman–Crippen MR) is 93.2 cm³/mol. The van der Waals surface area contributed by atoms with Crippen molar-refractivity contribution in [2.75, 3.05) is 13.1 Å². The molecule has 1 N–H and O–H groups in total. The summed E-state index contributed by atoms with van der Waals surface area (Å²) in [4.78, 5) is 21.7. The Kier molecular flexibility index (Phi) is 4.45. The second-order valence-electron chi connectivity index (χ2n) is 6.48. The van der Waals surface area contributed by atoms with Crippen LogP contribution in [0.4, 0.5) is 13.2 Å². The van der Waals surface area contributed by atoms with E-state index in [2.05, 4.69) is 35.6 Å². The van der Waals surface area contributed by atoms with Crippen molar-refractivity contribution in [3.8, 4) is 0 Å². The molecule has 142 valence electrons. The number of hydrogen-bond donors (Lipinski definition) is 1.